The molecule has 0 saturated heterocycles. The van der Waals surface area contributed by atoms with Crippen molar-refractivity contribution < 1.29 is 4.79 Å². The van der Waals surface area contributed by atoms with Crippen LogP contribution < -0.4 is 0 Å². The summed E-state index contributed by atoms with van der Waals surface area (Å²) < 4.78 is 0. The number of rotatable bonds is 3. The van der Waals surface area contributed by atoms with Crippen LogP contribution in [-0.2, 0) is 0 Å². The lowest BCUT2D eigenvalue weighted by atomic mass is 10.0. The predicted molar refractivity (Wildman–Crippen MR) is 53.9 cm³/mol. The highest BCUT2D eigenvalue weighted by atomic mass is 79.9. The number of carbonyl (C=O) groups is 1. The Bertz CT molecular complexity index is 281. The Morgan fingerprint density at radius 3 is 2.67 bits per heavy atom. The van der Waals surface area contributed by atoms with E-state index in [-0.39, 0.29) is 5.78 Å². The second-order valence-corrected chi connectivity index (χ2v) is 3.47. The smallest absolute Gasteiger partial charge is 0.163 e. The van der Waals surface area contributed by atoms with E-state index in [1.54, 1.807) is 0 Å². The molecule has 1 nitrogen and oxygen atoms in total. The molecule has 0 fully saturated rings. The van der Waals surface area contributed by atoms with Crippen LogP contribution in [0.25, 0.3) is 0 Å². The first kappa shape index (κ1) is 9.46. The maximum atomic E-state index is 11.4. The van der Waals surface area contributed by atoms with E-state index in [2.05, 4.69) is 15.9 Å². The minimum absolute atomic E-state index is 0.213. The SMILES string of the molecule is Cc1ccccc1C(=O)CCBr. The molecule has 2 heteroatoms. The zero-order valence-corrected chi connectivity index (χ0v) is 8.60. The van der Waals surface area contributed by atoms with Crippen molar-refractivity contribution in [1.29, 1.82) is 0 Å². The summed E-state index contributed by atoms with van der Waals surface area (Å²) in [4.78, 5) is 11.4. The second-order valence-electron chi connectivity index (χ2n) is 2.68. The number of hydrogen-bond donors (Lipinski definition) is 0. The molecule has 0 aliphatic carbocycles. The van der Waals surface area contributed by atoms with E-state index in [0.29, 0.717) is 6.42 Å². The van der Waals surface area contributed by atoms with Crippen LogP contribution in [-0.4, -0.2) is 11.1 Å². The van der Waals surface area contributed by atoms with Gasteiger partial charge in [0.05, 0.1) is 0 Å². The lowest BCUT2D eigenvalue weighted by molar-refractivity contribution is 0.0989. The Balaban J connectivity index is 2.87. The molecule has 0 unspecified atom stereocenters. The summed E-state index contributed by atoms with van der Waals surface area (Å²) in [5, 5.41) is 0.736. The van der Waals surface area contributed by atoms with Crippen LogP contribution in [0.3, 0.4) is 0 Å². The Morgan fingerprint density at radius 2 is 2.08 bits per heavy atom. The summed E-state index contributed by atoms with van der Waals surface area (Å²) in [6.45, 7) is 1.96. The average Bonchev–Trinajstić information content (AvgIpc) is 2.05. The molecule has 0 aromatic heterocycles. The van der Waals surface area contributed by atoms with Crippen LogP contribution >= 0.6 is 15.9 Å². The molecule has 0 atom stereocenters. The van der Waals surface area contributed by atoms with Gasteiger partial charge < -0.3 is 0 Å². The molecule has 0 aliphatic rings. The molecule has 0 heterocycles. The third kappa shape index (κ3) is 2.18. The van der Waals surface area contributed by atoms with E-state index < -0.39 is 0 Å². The van der Waals surface area contributed by atoms with Crippen molar-refractivity contribution in [2.45, 2.75) is 13.3 Å². The molecule has 64 valence electrons. The molecule has 0 spiro atoms. The summed E-state index contributed by atoms with van der Waals surface area (Å²) in [6, 6.07) is 7.68. The number of hydrogen-bond acceptors (Lipinski definition) is 1. The van der Waals surface area contributed by atoms with Crippen LogP contribution in [0.5, 0.6) is 0 Å². The van der Waals surface area contributed by atoms with E-state index in [4.69, 9.17) is 0 Å². The van der Waals surface area contributed by atoms with E-state index in [1.807, 2.05) is 31.2 Å². The highest BCUT2D eigenvalue weighted by Gasteiger charge is 2.05. The summed E-state index contributed by atoms with van der Waals surface area (Å²) >= 11 is 3.25. The standard InChI is InChI=1S/C10H11BrO/c1-8-4-2-3-5-9(8)10(12)6-7-11/h2-5H,6-7H2,1H3. The Kier molecular flexibility index (Phi) is 3.48. The van der Waals surface area contributed by atoms with Gasteiger partial charge in [0.1, 0.15) is 0 Å². The maximum Gasteiger partial charge on any atom is 0.163 e. The summed E-state index contributed by atoms with van der Waals surface area (Å²) in [7, 11) is 0. The maximum absolute atomic E-state index is 11.4. The van der Waals surface area contributed by atoms with Crippen molar-refractivity contribution in [3.8, 4) is 0 Å². The molecule has 0 bridgehead atoms. The van der Waals surface area contributed by atoms with Crippen molar-refractivity contribution >= 4 is 21.7 Å². The van der Waals surface area contributed by atoms with Gasteiger partial charge >= 0.3 is 0 Å². The first-order valence-electron chi connectivity index (χ1n) is 3.90. The van der Waals surface area contributed by atoms with Gasteiger partial charge in [0.15, 0.2) is 5.78 Å². The molecule has 0 amide bonds. The Hall–Kier alpha value is -0.630. The molecule has 0 radical (unpaired) electrons. The van der Waals surface area contributed by atoms with Gasteiger partial charge in [0.25, 0.3) is 0 Å². The first-order chi connectivity index (χ1) is 5.75. The highest BCUT2D eigenvalue weighted by molar-refractivity contribution is 9.09. The van der Waals surface area contributed by atoms with Crippen LogP contribution in [0.15, 0.2) is 24.3 Å². The molecule has 0 aliphatic heterocycles. The zero-order chi connectivity index (χ0) is 8.97. The fourth-order valence-corrected chi connectivity index (χ4v) is 1.47. The predicted octanol–water partition coefficient (Wildman–Crippen LogP) is 2.96. The largest absolute Gasteiger partial charge is 0.294 e. The Morgan fingerprint density at radius 1 is 1.42 bits per heavy atom. The van der Waals surface area contributed by atoms with E-state index in [0.717, 1.165) is 16.5 Å². The molecule has 0 saturated carbocycles. The van der Waals surface area contributed by atoms with Gasteiger partial charge in [-0.3, -0.25) is 4.79 Å². The number of halogens is 1. The number of Topliss-reactive ketones (excluding diaryl/α,β-unsaturated/α-hetero) is 1. The minimum atomic E-state index is 0.213. The van der Waals surface area contributed by atoms with Gasteiger partial charge in [-0.25, -0.2) is 0 Å². The number of aryl methyl sites for hydroxylation is 1. The quantitative estimate of drug-likeness (QED) is 0.573. The lowest BCUT2D eigenvalue weighted by Crippen LogP contribution is -2.01. The van der Waals surface area contributed by atoms with Crippen LogP contribution in [0.2, 0.25) is 0 Å². The second kappa shape index (κ2) is 4.41. The fraction of sp³-hybridized carbons (Fsp3) is 0.300. The lowest BCUT2D eigenvalue weighted by Gasteiger charge is -2.01. The summed E-state index contributed by atoms with van der Waals surface area (Å²) in [5.74, 6) is 0.213. The molecule has 1 rings (SSSR count). The molecule has 1 aromatic rings. The van der Waals surface area contributed by atoms with Crippen molar-refractivity contribution in [2.75, 3.05) is 5.33 Å². The third-order valence-electron chi connectivity index (χ3n) is 1.77. The minimum Gasteiger partial charge on any atom is -0.294 e. The van der Waals surface area contributed by atoms with Gasteiger partial charge in [-0.05, 0) is 12.5 Å². The van der Waals surface area contributed by atoms with Crippen LogP contribution in [0.4, 0.5) is 0 Å². The van der Waals surface area contributed by atoms with Gasteiger partial charge in [-0.2, -0.15) is 0 Å². The van der Waals surface area contributed by atoms with Crippen molar-refractivity contribution in [1.82, 2.24) is 0 Å². The molecule has 12 heavy (non-hydrogen) atoms. The number of benzene rings is 1. The van der Waals surface area contributed by atoms with E-state index in [1.165, 1.54) is 0 Å². The zero-order valence-electron chi connectivity index (χ0n) is 7.01. The van der Waals surface area contributed by atoms with E-state index >= 15 is 0 Å². The van der Waals surface area contributed by atoms with Crippen molar-refractivity contribution in [2.24, 2.45) is 0 Å². The number of carbonyl (C=O) groups excluding carboxylic acids is 1. The van der Waals surface area contributed by atoms with Crippen LogP contribution in [0.1, 0.15) is 22.3 Å². The highest BCUT2D eigenvalue weighted by Crippen LogP contribution is 2.10. The van der Waals surface area contributed by atoms with Gasteiger partial charge in [0.2, 0.25) is 0 Å². The van der Waals surface area contributed by atoms with E-state index in [9.17, 15) is 4.79 Å². The first-order valence-corrected chi connectivity index (χ1v) is 5.02. The normalized spacial score (nSPS) is 9.83. The Labute approximate surface area is 80.9 Å². The summed E-state index contributed by atoms with van der Waals surface area (Å²) in [6.07, 6.45) is 0.574. The number of ketones is 1. The average molecular weight is 227 g/mol. The van der Waals surface area contributed by atoms with Gasteiger partial charge in [-0.15, -0.1) is 0 Å². The molecular formula is C10H11BrO. The molecule has 0 N–H and O–H groups in total. The molecular weight excluding hydrogens is 216 g/mol. The number of alkyl halides is 1. The van der Waals surface area contributed by atoms with Crippen LogP contribution in [0, 0.1) is 6.92 Å². The van der Waals surface area contributed by atoms with Crippen molar-refractivity contribution in [3.05, 3.63) is 35.4 Å². The third-order valence-corrected chi connectivity index (χ3v) is 2.16. The topological polar surface area (TPSA) is 17.1 Å². The fourth-order valence-electron chi connectivity index (χ4n) is 1.11. The van der Waals surface area contributed by atoms with Crippen molar-refractivity contribution in [3.63, 3.8) is 0 Å². The van der Waals surface area contributed by atoms with Gasteiger partial charge in [0, 0.05) is 17.3 Å². The monoisotopic (exact) mass is 226 g/mol. The van der Waals surface area contributed by atoms with Gasteiger partial charge in [-0.1, -0.05) is 40.2 Å². The summed E-state index contributed by atoms with van der Waals surface area (Å²) in [5.41, 5.74) is 1.90. The molecule has 1 aromatic carbocycles.